The van der Waals surface area contributed by atoms with Crippen LogP contribution < -0.4 is 4.90 Å². The molecular weight excluding hydrogens is 869 g/mol. The number of anilines is 3. The van der Waals surface area contributed by atoms with Crippen LogP contribution in [0.2, 0.25) is 0 Å². The minimum Gasteiger partial charge on any atom is -0.310 e. The van der Waals surface area contributed by atoms with Crippen molar-refractivity contribution in [2.24, 2.45) is 0 Å². The number of para-hydroxylation sites is 3. The zero-order chi connectivity index (χ0) is 47.8. The number of hydrogen-bond acceptors (Lipinski definition) is 1. The van der Waals surface area contributed by atoms with Gasteiger partial charge in [0.25, 0.3) is 0 Å². The first-order valence-electron chi connectivity index (χ1n) is 24.8. The first kappa shape index (κ1) is 42.6. The van der Waals surface area contributed by atoms with Gasteiger partial charge in [0.15, 0.2) is 0 Å². The highest BCUT2D eigenvalue weighted by molar-refractivity contribution is 6.16. The largest absolute Gasteiger partial charge is 0.310 e. The molecule has 338 valence electrons. The Bertz CT molecular complexity index is 4060. The third kappa shape index (κ3) is 7.63. The molecular formula is C70H48N2. The maximum Gasteiger partial charge on any atom is 0.0547 e. The standard InChI is InChI=1S/C70H48N2/c1-5-21-50(22-6-1)59-46-43-54(48-65(59)52-25-9-3-10-26-52)49-41-44-57(45-42-49)71(66-38-15-13-33-62(66)63-37-19-28-53-27-18-35-60(69(53)63)51-23-7-2-8-24-51)58-32-17-29-55(47-58)61-36-20-40-68-70(61)64-34-14-16-39-67(64)72(68)56-30-11-4-12-31-56/h1-48H. The molecule has 0 saturated carbocycles. The van der Waals surface area contributed by atoms with E-state index in [0.29, 0.717) is 0 Å². The predicted octanol–water partition coefficient (Wildman–Crippen LogP) is 19.4. The molecule has 0 aliphatic rings. The van der Waals surface area contributed by atoms with Crippen LogP contribution >= 0.6 is 0 Å². The van der Waals surface area contributed by atoms with Crippen molar-refractivity contribution < 1.29 is 0 Å². The molecule has 1 heterocycles. The van der Waals surface area contributed by atoms with Gasteiger partial charge >= 0.3 is 0 Å². The average molecular weight is 917 g/mol. The maximum absolute atomic E-state index is 2.45. The summed E-state index contributed by atoms with van der Waals surface area (Å²) in [6.07, 6.45) is 0. The van der Waals surface area contributed by atoms with Crippen LogP contribution in [-0.4, -0.2) is 4.57 Å². The Balaban J connectivity index is 0.997. The van der Waals surface area contributed by atoms with Crippen LogP contribution in [0.1, 0.15) is 0 Å². The Hall–Kier alpha value is -9.50. The highest BCUT2D eigenvalue weighted by Crippen LogP contribution is 2.47. The van der Waals surface area contributed by atoms with Gasteiger partial charge in [0.2, 0.25) is 0 Å². The molecule has 72 heavy (non-hydrogen) atoms. The van der Waals surface area contributed by atoms with E-state index >= 15 is 0 Å². The number of fused-ring (bicyclic) bond motifs is 4. The number of benzene rings is 12. The van der Waals surface area contributed by atoms with Gasteiger partial charge < -0.3 is 9.47 Å². The quantitative estimate of drug-likeness (QED) is 0.133. The highest BCUT2D eigenvalue weighted by Gasteiger charge is 2.22. The molecule has 13 aromatic rings. The van der Waals surface area contributed by atoms with Crippen molar-refractivity contribution >= 4 is 49.6 Å². The molecule has 0 atom stereocenters. The van der Waals surface area contributed by atoms with Crippen molar-refractivity contribution in [1.29, 1.82) is 0 Å². The van der Waals surface area contributed by atoms with E-state index in [1.54, 1.807) is 0 Å². The van der Waals surface area contributed by atoms with Gasteiger partial charge in [-0.25, -0.2) is 0 Å². The number of rotatable bonds is 10. The second kappa shape index (κ2) is 18.4. The van der Waals surface area contributed by atoms with Gasteiger partial charge in [0, 0.05) is 33.4 Å². The van der Waals surface area contributed by atoms with E-state index in [0.717, 1.165) is 39.4 Å². The van der Waals surface area contributed by atoms with Crippen molar-refractivity contribution in [2.45, 2.75) is 0 Å². The summed E-state index contributed by atoms with van der Waals surface area (Å²) in [4.78, 5) is 2.45. The van der Waals surface area contributed by atoms with E-state index in [9.17, 15) is 0 Å². The molecule has 0 spiro atoms. The van der Waals surface area contributed by atoms with Crippen molar-refractivity contribution in [3.05, 3.63) is 291 Å². The Labute approximate surface area is 420 Å². The number of nitrogens with zero attached hydrogens (tertiary/aromatic N) is 2. The number of hydrogen-bond donors (Lipinski definition) is 0. The fourth-order valence-electron chi connectivity index (χ4n) is 10.9. The molecule has 0 amide bonds. The van der Waals surface area contributed by atoms with Crippen LogP contribution in [0.15, 0.2) is 291 Å². The third-order valence-corrected chi connectivity index (χ3v) is 14.2. The third-order valence-electron chi connectivity index (χ3n) is 14.2. The summed E-state index contributed by atoms with van der Waals surface area (Å²) in [6.45, 7) is 0. The summed E-state index contributed by atoms with van der Waals surface area (Å²) in [5.74, 6) is 0. The molecule has 2 heteroatoms. The first-order valence-corrected chi connectivity index (χ1v) is 24.8. The molecule has 0 saturated heterocycles. The van der Waals surface area contributed by atoms with Gasteiger partial charge in [0.05, 0.1) is 16.7 Å². The van der Waals surface area contributed by atoms with Gasteiger partial charge in [-0.15, -0.1) is 0 Å². The second-order valence-corrected chi connectivity index (χ2v) is 18.4. The lowest BCUT2D eigenvalue weighted by molar-refractivity contribution is 1.18. The molecule has 0 aliphatic heterocycles. The normalized spacial score (nSPS) is 11.3. The lowest BCUT2D eigenvalue weighted by atomic mass is 9.90. The molecule has 12 aromatic carbocycles. The van der Waals surface area contributed by atoms with Crippen LogP contribution in [0.4, 0.5) is 17.1 Å². The van der Waals surface area contributed by atoms with E-state index in [4.69, 9.17) is 0 Å². The van der Waals surface area contributed by atoms with E-state index in [1.165, 1.54) is 82.6 Å². The zero-order valence-corrected chi connectivity index (χ0v) is 39.6. The fraction of sp³-hybridized carbons (Fsp3) is 0. The van der Waals surface area contributed by atoms with Crippen LogP contribution in [0, 0.1) is 0 Å². The molecule has 0 bridgehead atoms. The van der Waals surface area contributed by atoms with Gasteiger partial charge in [-0.1, -0.05) is 231 Å². The van der Waals surface area contributed by atoms with Crippen molar-refractivity contribution in [3.8, 4) is 72.4 Å². The molecule has 2 nitrogen and oxygen atoms in total. The SMILES string of the molecule is c1ccc(-c2ccc(-c3ccc(N(c4cccc(-c5cccc6c5c5ccccc5n6-c5ccccc5)c4)c4ccccc4-c4cccc5cccc(-c6ccccc6)c45)cc3)cc2-c2ccccc2)cc1. The minimum absolute atomic E-state index is 1.06. The average Bonchev–Trinajstić information content (AvgIpc) is 3.81. The van der Waals surface area contributed by atoms with Crippen LogP contribution in [0.5, 0.6) is 0 Å². The Morgan fingerprint density at radius 1 is 0.250 bits per heavy atom. The first-order chi connectivity index (χ1) is 35.7. The summed E-state index contributed by atoms with van der Waals surface area (Å²) in [6, 6.07) is 106. The predicted molar refractivity (Wildman–Crippen MR) is 306 cm³/mol. The van der Waals surface area contributed by atoms with Crippen LogP contribution in [0.3, 0.4) is 0 Å². The van der Waals surface area contributed by atoms with Gasteiger partial charge in [-0.05, 0) is 133 Å². The molecule has 0 fully saturated rings. The molecule has 1 aromatic heterocycles. The zero-order valence-electron chi connectivity index (χ0n) is 39.6. The topological polar surface area (TPSA) is 8.17 Å². The maximum atomic E-state index is 2.45. The number of aromatic nitrogens is 1. The monoisotopic (exact) mass is 916 g/mol. The minimum atomic E-state index is 1.06. The molecule has 0 unspecified atom stereocenters. The molecule has 0 aliphatic carbocycles. The fourth-order valence-corrected chi connectivity index (χ4v) is 10.9. The van der Waals surface area contributed by atoms with Crippen molar-refractivity contribution in [3.63, 3.8) is 0 Å². The van der Waals surface area contributed by atoms with E-state index in [2.05, 4.69) is 301 Å². The summed E-state index contributed by atoms with van der Waals surface area (Å²) >= 11 is 0. The highest BCUT2D eigenvalue weighted by atomic mass is 15.1. The smallest absolute Gasteiger partial charge is 0.0547 e. The second-order valence-electron chi connectivity index (χ2n) is 18.4. The summed E-state index contributed by atoms with van der Waals surface area (Å²) in [5.41, 5.74) is 21.0. The van der Waals surface area contributed by atoms with Gasteiger partial charge in [-0.2, -0.15) is 0 Å². The summed E-state index contributed by atoms with van der Waals surface area (Å²) in [5, 5.41) is 4.91. The van der Waals surface area contributed by atoms with Crippen LogP contribution in [0.25, 0.3) is 105 Å². The molecule has 0 radical (unpaired) electrons. The van der Waals surface area contributed by atoms with Crippen LogP contribution in [-0.2, 0) is 0 Å². The molecule has 0 N–H and O–H groups in total. The lowest BCUT2D eigenvalue weighted by Crippen LogP contribution is -2.11. The van der Waals surface area contributed by atoms with Gasteiger partial charge in [-0.3, -0.25) is 0 Å². The van der Waals surface area contributed by atoms with E-state index < -0.39 is 0 Å². The Kier molecular flexibility index (Phi) is 10.9. The van der Waals surface area contributed by atoms with Gasteiger partial charge in [0.1, 0.15) is 0 Å². The summed E-state index contributed by atoms with van der Waals surface area (Å²) in [7, 11) is 0. The Morgan fingerprint density at radius 2 is 0.764 bits per heavy atom. The lowest BCUT2D eigenvalue weighted by Gasteiger charge is -2.29. The van der Waals surface area contributed by atoms with Crippen molar-refractivity contribution in [2.75, 3.05) is 4.90 Å². The van der Waals surface area contributed by atoms with E-state index in [-0.39, 0.29) is 0 Å². The van der Waals surface area contributed by atoms with Crippen molar-refractivity contribution in [1.82, 2.24) is 4.57 Å². The summed E-state index contributed by atoms with van der Waals surface area (Å²) < 4.78 is 2.40. The van der Waals surface area contributed by atoms with E-state index in [1.807, 2.05) is 0 Å². The molecule has 13 rings (SSSR count). The Morgan fingerprint density at radius 3 is 1.49 bits per heavy atom.